The Balaban J connectivity index is 2.25. The third kappa shape index (κ3) is 9.73. The summed E-state index contributed by atoms with van der Waals surface area (Å²) in [5, 5.41) is 59.8. The molecule has 0 aromatic rings. The maximum Gasteiger partial charge on any atom is 0.311 e. The first kappa shape index (κ1) is 45.9. The Morgan fingerprint density at radius 3 is 2.02 bits per heavy atom. The van der Waals surface area contributed by atoms with Gasteiger partial charge in [-0.05, 0) is 74.9 Å². The Morgan fingerprint density at radius 2 is 1.49 bits per heavy atom. The number of rotatable bonds is 8. The van der Waals surface area contributed by atoms with Crippen LogP contribution in [0.15, 0.2) is 5.16 Å². The lowest BCUT2D eigenvalue weighted by Crippen LogP contribution is -2.61. The first-order chi connectivity index (χ1) is 24.5. The minimum atomic E-state index is -1.94. The highest BCUT2D eigenvalue weighted by Gasteiger charge is 2.54. The zero-order valence-corrected chi connectivity index (χ0v) is 34.4. The minimum absolute atomic E-state index is 0.128. The molecule has 310 valence electrons. The lowest BCUT2D eigenvalue weighted by molar-refractivity contribution is -0.319. The van der Waals surface area contributed by atoms with E-state index in [1.807, 2.05) is 46.7 Å². The number of cyclic esters (lactones) is 1. The molecule has 0 amide bonds. The van der Waals surface area contributed by atoms with Gasteiger partial charge in [-0.1, -0.05) is 32.9 Å². The third-order valence-corrected chi connectivity index (χ3v) is 12.4. The summed E-state index contributed by atoms with van der Waals surface area (Å²) in [6.45, 7) is 17.3. The van der Waals surface area contributed by atoms with E-state index in [0.29, 0.717) is 6.42 Å². The number of hydrogen-bond acceptors (Lipinski definition) is 15. The topological polar surface area (TPSA) is 198 Å². The highest BCUT2D eigenvalue weighted by molar-refractivity contribution is 5.88. The lowest BCUT2D eigenvalue weighted by atomic mass is 9.73. The van der Waals surface area contributed by atoms with Gasteiger partial charge in [-0.3, -0.25) is 4.79 Å². The van der Waals surface area contributed by atoms with Crippen molar-refractivity contribution < 1.29 is 63.6 Å². The molecule has 0 aromatic heterocycles. The van der Waals surface area contributed by atoms with Crippen molar-refractivity contribution in [2.75, 3.05) is 28.3 Å². The molecule has 5 N–H and O–H groups in total. The molecule has 0 saturated carbocycles. The van der Waals surface area contributed by atoms with Crippen LogP contribution in [0, 0.1) is 23.7 Å². The van der Waals surface area contributed by atoms with Crippen molar-refractivity contribution in [1.29, 1.82) is 0 Å². The van der Waals surface area contributed by atoms with Crippen molar-refractivity contribution in [3.8, 4) is 0 Å². The summed E-state index contributed by atoms with van der Waals surface area (Å²) in [5.74, 6) is -3.82. The van der Waals surface area contributed by atoms with Gasteiger partial charge in [0.2, 0.25) is 0 Å². The van der Waals surface area contributed by atoms with E-state index in [2.05, 4.69) is 5.16 Å². The molecule has 0 aromatic carbocycles. The number of methoxy groups -OCH3 is 2. The second-order valence-corrected chi connectivity index (χ2v) is 16.8. The Hall–Kier alpha value is -1.50. The molecule has 3 fully saturated rings. The fraction of sp³-hybridized carbons (Fsp3) is 0.947. The molecule has 15 heteroatoms. The monoisotopic (exact) mass is 762 g/mol. The molecular formula is C38H70N2O13. The number of esters is 1. The molecule has 3 rings (SSSR count). The van der Waals surface area contributed by atoms with Crippen LogP contribution < -0.4 is 0 Å². The summed E-state index contributed by atoms with van der Waals surface area (Å²) < 4.78 is 44.1. The first-order valence-corrected chi connectivity index (χ1v) is 19.1. The number of ether oxygens (including phenoxy) is 7. The summed E-state index contributed by atoms with van der Waals surface area (Å²) in [5.41, 5.74) is -3.99. The van der Waals surface area contributed by atoms with Gasteiger partial charge in [0, 0.05) is 44.4 Å². The quantitative estimate of drug-likeness (QED) is 0.137. The second kappa shape index (κ2) is 18.2. The fourth-order valence-corrected chi connectivity index (χ4v) is 8.78. The molecule has 3 heterocycles. The molecule has 3 saturated heterocycles. The normalized spacial score (nSPS) is 49.1. The van der Waals surface area contributed by atoms with Crippen molar-refractivity contribution >= 4 is 11.7 Å². The van der Waals surface area contributed by atoms with Crippen LogP contribution in [0.25, 0.3) is 0 Å². The third-order valence-electron chi connectivity index (χ3n) is 12.4. The van der Waals surface area contributed by atoms with Crippen LogP contribution in [0.1, 0.15) is 94.9 Å². The highest BCUT2D eigenvalue weighted by atomic mass is 16.7. The van der Waals surface area contributed by atoms with E-state index < -0.39 is 102 Å². The molecule has 18 atom stereocenters. The number of likely N-dealkylation sites (N-methyl/N-ethyl adjacent to an activating group) is 1. The summed E-state index contributed by atoms with van der Waals surface area (Å²) in [7, 11) is 6.80. The molecule has 0 aliphatic carbocycles. The molecule has 0 radical (unpaired) electrons. The Morgan fingerprint density at radius 1 is 0.887 bits per heavy atom. The fourth-order valence-electron chi connectivity index (χ4n) is 8.78. The average Bonchev–Trinajstić information content (AvgIpc) is 3.10. The summed E-state index contributed by atoms with van der Waals surface area (Å²) >= 11 is 0. The van der Waals surface area contributed by atoms with Crippen LogP contribution in [0.2, 0.25) is 0 Å². The Kier molecular flexibility index (Phi) is 15.7. The standard InChI is InChI=1S/C38H70N2O13/c1-15-26-38(10,45)31(42)21(4)28(39-46)19(2)17-37(9,48-14)33(53-35-29(41)25(40(11)12)16-20(3)49-35)22(5)30(23(6)34(44)51-26)52-27-18-36(8,47-13)32(43)24(7)50-27/h19-27,29-33,35,41-43,45-46H,15-18H2,1-14H3/b39-28-/t19-,20?,21+,22+,23-,24?,25?,26-,27?,29?,30+,31-,32?,33-,35?,36?,37-,38-/m1/s1. The number of oxime groups is 1. The largest absolute Gasteiger partial charge is 0.459 e. The molecule has 0 bridgehead atoms. The molecular weight excluding hydrogens is 692 g/mol. The van der Waals surface area contributed by atoms with Gasteiger partial charge in [0.05, 0.1) is 53.4 Å². The predicted octanol–water partition coefficient (Wildman–Crippen LogP) is 2.70. The van der Waals surface area contributed by atoms with Crippen molar-refractivity contribution in [3.63, 3.8) is 0 Å². The van der Waals surface area contributed by atoms with Crippen molar-refractivity contribution in [2.24, 2.45) is 28.8 Å². The SMILES string of the molecule is CC[C@H]1OC(=O)[C@H](C)[C@@H](OC2CC(C)(OC)C(O)C(C)O2)[C@H](C)[C@@H](OC2OC(C)CC(N(C)C)C2O)[C@](C)(OC)C[C@@H](C)/C(=N/O)[C@H](C)[C@@H](O)[C@]1(C)O. The zero-order chi connectivity index (χ0) is 40.4. The summed E-state index contributed by atoms with van der Waals surface area (Å²) in [4.78, 5) is 16.2. The minimum Gasteiger partial charge on any atom is -0.459 e. The van der Waals surface area contributed by atoms with Gasteiger partial charge in [0.15, 0.2) is 12.6 Å². The van der Waals surface area contributed by atoms with Crippen LogP contribution in [0.4, 0.5) is 0 Å². The van der Waals surface area contributed by atoms with Crippen molar-refractivity contribution in [3.05, 3.63) is 0 Å². The zero-order valence-electron chi connectivity index (χ0n) is 34.4. The van der Waals surface area contributed by atoms with Gasteiger partial charge in [0.1, 0.15) is 23.9 Å². The van der Waals surface area contributed by atoms with Gasteiger partial charge < -0.3 is 63.7 Å². The maximum atomic E-state index is 14.2. The highest BCUT2D eigenvalue weighted by Crippen LogP contribution is 2.42. The number of hydrogen-bond donors (Lipinski definition) is 5. The maximum absolute atomic E-state index is 14.2. The predicted molar refractivity (Wildman–Crippen MR) is 195 cm³/mol. The first-order valence-electron chi connectivity index (χ1n) is 19.1. The summed E-state index contributed by atoms with van der Waals surface area (Å²) in [6, 6.07) is -0.282. The van der Waals surface area contributed by atoms with E-state index in [4.69, 9.17) is 33.2 Å². The number of aliphatic hydroxyl groups is 4. The van der Waals surface area contributed by atoms with Crippen LogP contribution in [0.3, 0.4) is 0 Å². The van der Waals surface area contributed by atoms with Gasteiger partial charge in [0.25, 0.3) is 0 Å². The van der Waals surface area contributed by atoms with Crippen LogP contribution in [-0.2, 0) is 38.0 Å². The van der Waals surface area contributed by atoms with Crippen molar-refractivity contribution in [1.82, 2.24) is 4.90 Å². The van der Waals surface area contributed by atoms with Gasteiger partial charge in [-0.2, -0.15) is 0 Å². The number of aliphatic hydroxyl groups excluding tert-OH is 3. The number of carbonyl (C=O) groups excluding carboxylic acids is 1. The average molecular weight is 763 g/mol. The van der Waals surface area contributed by atoms with Crippen LogP contribution in [0.5, 0.6) is 0 Å². The molecule has 8 unspecified atom stereocenters. The Labute approximate surface area is 316 Å². The second-order valence-electron chi connectivity index (χ2n) is 16.8. The van der Waals surface area contributed by atoms with Crippen molar-refractivity contribution in [2.45, 2.75) is 179 Å². The van der Waals surface area contributed by atoms with E-state index in [-0.39, 0.29) is 37.1 Å². The van der Waals surface area contributed by atoms with Gasteiger partial charge in [-0.15, -0.1) is 0 Å². The molecule has 3 aliphatic heterocycles. The summed E-state index contributed by atoms with van der Waals surface area (Å²) in [6.07, 6.45) is -8.53. The molecule has 15 nitrogen and oxygen atoms in total. The van der Waals surface area contributed by atoms with E-state index in [1.165, 1.54) is 21.1 Å². The smallest absolute Gasteiger partial charge is 0.311 e. The van der Waals surface area contributed by atoms with Gasteiger partial charge >= 0.3 is 5.97 Å². The van der Waals surface area contributed by atoms with E-state index >= 15 is 0 Å². The number of nitrogens with zero attached hydrogens (tertiary/aromatic N) is 2. The van der Waals surface area contributed by atoms with Crippen LogP contribution in [-0.4, -0.2) is 155 Å². The molecule has 53 heavy (non-hydrogen) atoms. The lowest BCUT2D eigenvalue weighted by Gasteiger charge is -2.50. The van der Waals surface area contributed by atoms with Crippen LogP contribution >= 0.6 is 0 Å². The van der Waals surface area contributed by atoms with Gasteiger partial charge in [-0.25, -0.2) is 0 Å². The van der Waals surface area contributed by atoms with E-state index in [1.54, 1.807) is 34.6 Å². The number of carbonyl (C=O) groups is 1. The van der Waals surface area contributed by atoms with E-state index in [0.717, 1.165) is 0 Å². The van der Waals surface area contributed by atoms with E-state index in [9.17, 15) is 30.4 Å². The Bertz CT molecular complexity index is 1220. The molecule has 3 aliphatic rings. The molecule has 0 spiro atoms.